The first-order valence-corrected chi connectivity index (χ1v) is 5.43. The van der Waals surface area contributed by atoms with Crippen molar-refractivity contribution in [3.8, 4) is 5.88 Å². The molecule has 0 aromatic carbocycles. The summed E-state index contributed by atoms with van der Waals surface area (Å²) in [6.07, 6.45) is 2.04. The summed E-state index contributed by atoms with van der Waals surface area (Å²) in [5.41, 5.74) is 1.17. The average Bonchev–Trinajstić information content (AvgIpc) is 3.03. The summed E-state index contributed by atoms with van der Waals surface area (Å²) >= 11 is 0. The maximum atomic E-state index is 8.96. The Labute approximate surface area is 102 Å². The lowest BCUT2D eigenvalue weighted by Crippen LogP contribution is -2.15. The quantitative estimate of drug-likeness (QED) is 0.801. The molecule has 1 aliphatic rings. The summed E-state index contributed by atoms with van der Waals surface area (Å²) in [5, 5.41) is 8.96. The van der Waals surface area contributed by atoms with Gasteiger partial charge < -0.3 is 19.3 Å². The normalized spacial score (nSPS) is 23.7. The minimum absolute atomic E-state index is 0.179. The average molecular weight is 252 g/mol. The zero-order valence-corrected chi connectivity index (χ0v) is 9.68. The van der Waals surface area contributed by atoms with Crippen molar-refractivity contribution in [2.75, 3.05) is 20.3 Å². The number of hydrogen-bond donors (Lipinski definition) is 1. The molecular weight excluding hydrogens is 240 g/mol. The molecule has 96 valence electrons. The summed E-state index contributed by atoms with van der Waals surface area (Å²) in [6, 6.07) is 0. The van der Waals surface area contributed by atoms with E-state index in [9.17, 15) is 0 Å². The molecule has 1 aliphatic heterocycles. The van der Waals surface area contributed by atoms with Crippen molar-refractivity contribution >= 4 is 11.2 Å². The molecule has 0 unspecified atom stereocenters. The van der Waals surface area contributed by atoms with Crippen molar-refractivity contribution in [1.29, 1.82) is 0 Å². The van der Waals surface area contributed by atoms with Crippen molar-refractivity contribution in [2.24, 2.45) is 0 Å². The molecule has 0 bridgehead atoms. The van der Waals surface area contributed by atoms with Gasteiger partial charge in [-0.2, -0.15) is 4.98 Å². The minimum Gasteiger partial charge on any atom is -0.479 e. The lowest BCUT2D eigenvalue weighted by atomic mass is 10.5. The van der Waals surface area contributed by atoms with Gasteiger partial charge in [-0.05, 0) is 0 Å². The summed E-state index contributed by atoms with van der Waals surface area (Å²) in [6.45, 7) is 0.157. The predicted octanol–water partition coefficient (Wildman–Crippen LogP) is -0.301. The van der Waals surface area contributed by atoms with Gasteiger partial charge in [0.15, 0.2) is 23.7 Å². The van der Waals surface area contributed by atoms with Gasteiger partial charge in [-0.3, -0.25) is 4.57 Å². The maximum absolute atomic E-state index is 8.96. The molecule has 2 aromatic heterocycles. The molecule has 3 rings (SSSR count). The van der Waals surface area contributed by atoms with Crippen LogP contribution in [0.2, 0.25) is 0 Å². The van der Waals surface area contributed by atoms with E-state index in [4.69, 9.17) is 19.3 Å². The van der Waals surface area contributed by atoms with E-state index in [1.54, 1.807) is 10.9 Å². The predicted molar refractivity (Wildman–Crippen MR) is 58.8 cm³/mol. The van der Waals surface area contributed by atoms with E-state index in [1.807, 2.05) is 0 Å². The van der Waals surface area contributed by atoms with Crippen LogP contribution in [0, 0.1) is 0 Å². The molecule has 0 aliphatic carbocycles. The van der Waals surface area contributed by atoms with Crippen LogP contribution >= 0.6 is 0 Å². The van der Waals surface area contributed by atoms with Gasteiger partial charge in [-0.1, -0.05) is 0 Å². The van der Waals surface area contributed by atoms with E-state index in [1.165, 1.54) is 13.4 Å². The number of fused-ring (bicyclic) bond motifs is 1. The molecule has 3 heterocycles. The molecule has 1 N–H and O–H groups in total. The van der Waals surface area contributed by atoms with Crippen LogP contribution in [0.1, 0.15) is 6.23 Å². The number of hydrogen-bond acceptors (Lipinski definition) is 7. The molecule has 2 aromatic rings. The summed E-state index contributed by atoms with van der Waals surface area (Å²) in [4.78, 5) is 12.3. The van der Waals surface area contributed by atoms with Crippen molar-refractivity contribution in [3.63, 3.8) is 0 Å². The van der Waals surface area contributed by atoms with Gasteiger partial charge in [0.25, 0.3) is 0 Å². The third-order valence-electron chi connectivity index (χ3n) is 2.71. The standard InChI is InChI=1S/C10H12N4O4/c1-16-10-8-9(11-4-12-10)14(5-13-8)6-3-17-7(2-15)18-6/h4-7,15H,2-3H2,1H3/t6-,7-/m0/s1. The van der Waals surface area contributed by atoms with Crippen molar-refractivity contribution in [3.05, 3.63) is 12.7 Å². The maximum Gasteiger partial charge on any atom is 0.245 e. The largest absolute Gasteiger partial charge is 0.479 e. The van der Waals surface area contributed by atoms with Gasteiger partial charge >= 0.3 is 0 Å². The Morgan fingerprint density at radius 2 is 2.39 bits per heavy atom. The fraction of sp³-hybridized carbons (Fsp3) is 0.500. The van der Waals surface area contributed by atoms with Crippen LogP contribution in [0.25, 0.3) is 11.2 Å². The second-order valence-electron chi connectivity index (χ2n) is 3.74. The Morgan fingerprint density at radius 3 is 3.11 bits per heavy atom. The number of aliphatic hydroxyl groups is 1. The van der Waals surface area contributed by atoms with Gasteiger partial charge in [0.1, 0.15) is 6.33 Å². The molecule has 8 heteroatoms. The molecule has 2 atom stereocenters. The Bertz CT molecular complexity index is 558. The first-order valence-electron chi connectivity index (χ1n) is 5.43. The number of methoxy groups -OCH3 is 1. The summed E-state index contributed by atoms with van der Waals surface area (Å²) < 4.78 is 17.6. The molecule has 1 fully saturated rings. The highest BCUT2D eigenvalue weighted by atomic mass is 16.7. The monoisotopic (exact) mass is 252 g/mol. The zero-order chi connectivity index (χ0) is 12.5. The molecule has 8 nitrogen and oxygen atoms in total. The molecular formula is C10H12N4O4. The molecule has 18 heavy (non-hydrogen) atoms. The van der Waals surface area contributed by atoms with Crippen LogP contribution in [0.5, 0.6) is 5.88 Å². The van der Waals surface area contributed by atoms with Crippen LogP contribution in [0.3, 0.4) is 0 Å². The van der Waals surface area contributed by atoms with E-state index in [2.05, 4.69) is 15.0 Å². The molecule has 0 saturated carbocycles. The lowest BCUT2D eigenvalue weighted by molar-refractivity contribution is -0.0980. The van der Waals surface area contributed by atoms with Crippen molar-refractivity contribution in [2.45, 2.75) is 12.5 Å². The highest BCUT2D eigenvalue weighted by Gasteiger charge is 2.28. The van der Waals surface area contributed by atoms with E-state index in [0.29, 0.717) is 23.7 Å². The van der Waals surface area contributed by atoms with E-state index in [-0.39, 0.29) is 12.8 Å². The lowest BCUT2D eigenvalue weighted by Gasteiger charge is -2.11. The number of aromatic nitrogens is 4. The Kier molecular flexibility index (Phi) is 2.82. The van der Waals surface area contributed by atoms with Crippen LogP contribution in [0.15, 0.2) is 12.7 Å². The zero-order valence-electron chi connectivity index (χ0n) is 9.68. The van der Waals surface area contributed by atoms with Crippen LogP contribution in [-0.4, -0.2) is 51.2 Å². The third-order valence-corrected chi connectivity index (χ3v) is 2.71. The van der Waals surface area contributed by atoms with Crippen LogP contribution < -0.4 is 4.74 Å². The summed E-state index contributed by atoms with van der Waals surface area (Å²) in [5.74, 6) is 0.413. The van der Waals surface area contributed by atoms with Crippen LogP contribution in [-0.2, 0) is 9.47 Å². The van der Waals surface area contributed by atoms with Gasteiger partial charge in [0.2, 0.25) is 5.88 Å². The van der Waals surface area contributed by atoms with E-state index < -0.39 is 6.29 Å². The highest BCUT2D eigenvalue weighted by Crippen LogP contribution is 2.26. The number of rotatable bonds is 3. The number of aliphatic hydroxyl groups excluding tert-OH is 1. The van der Waals surface area contributed by atoms with Gasteiger partial charge in [-0.15, -0.1) is 0 Å². The topological polar surface area (TPSA) is 91.5 Å². The summed E-state index contributed by atoms with van der Waals surface area (Å²) in [7, 11) is 1.53. The van der Waals surface area contributed by atoms with Gasteiger partial charge in [-0.25, -0.2) is 9.97 Å². The first kappa shape index (κ1) is 11.3. The SMILES string of the molecule is COc1ncnc2c1ncn2[C@@H]1CO[C@H](CO)O1. The molecule has 0 radical (unpaired) electrons. The van der Waals surface area contributed by atoms with Gasteiger partial charge in [0.05, 0.1) is 26.7 Å². The minimum atomic E-state index is -0.601. The van der Waals surface area contributed by atoms with Crippen LogP contribution in [0.4, 0.5) is 0 Å². The second-order valence-corrected chi connectivity index (χ2v) is 3.74. The third kappa shape index (κ3) is 1.70. The highest BCUT2D eigenvalue weighted by molar-refractivity contribution is 5.75. The first-order chi connectivity index (χ1) is 8.83. The number of nitrogens with zero attached hydrogens (tertiary/aromatic N) is 4. The smallest absolute Gasteiger partial charge is 0.245 e. The number of imidazole rings is 1. The van der Waals surface area contributed by atoms with E-state index in [0.717, 1.165) is 0 Å². The Hall–Kier alpha value is -1.77. The van der Waals surface area contributed by atoms with Crippen molar-refractivity contribution < 1.29 is 19.3 Å². The molecule has 1 saturated heterocycles. The Morgan fingerprint density at radius 1 is 1.50 bits per heavy atom. The second kappa shape index (κ2) is 4.48. The Balaban J connectivity index is 1.98. The van der Waals surface area contributed by atoms with E-state index >= 15 is 0 Å². The van der Waals surface area contributed by atoms with Crippen molar-refractivity contribution in [1.82, 2.24) is 19.5 Å². The van der Waals surface area contributed by atoms with Gasteiger partial charge in [0, 0.05) is 0 Å². The molecule has 0 spiro atoms. The number of ether oxygens (including phenoxy) is 3. The fourth-order valence-corrected chi connectivity index (χ4v) is 1.88. The fourth-order valence-electron chi connectivity index (χ4n) is 1.88. The molecule has 0 amide bonds.